The lowest BCUT2D eigenvalue weighted by atomic mass is 10.0. The second-order valence-electron chi connectivity index (χ2n) is 7.64. The molecule has 0 radical (unpaired) electrons. The van der Waals surface area contributed by atoms with Crippen LogP contribution in [0.4, 0.5) is 5.69 Å². The van der Waals surface area contributed by atoms with Gasteiger partial charge in [0.15, 0.2) is 6.04 Å². The fraction of sp³-hybridized carbons (Fsp3) is 0.269. The van der Waals surface area contributed by atoms with Crippen LogP contribution in [-0.2, 0) is 11.3 Å². The number of methoxy groups -OCH3 is 1. The average molecular weight is 420 g/mol. The highest BCUT2D eigenvalue weighted by Gasteiger charge is 2.30. The summed E-state index contributed by atoms with van der Waals surface area (Å²) in [5.74, 6) is 1.43. The van der Waals surface area contributed by atoms with Crippen molar-refractivity contribution in [3.63, 3.8) is 0 Å². The molecule has 0 saturated carbocycles. The third kappa shape index (κ3) is 5.86. The summed E-state index contributed by atoms with van der Waals surface area (Å²) >= 11 is 0. The molecule has 1 amide bonds. The summed E-state index contributed by atoms with van der Waals surface area (Å²) in [4.78, 5) is 14.5. The SMILES string of the molecule is CCOc1ccc(C[NH+](C)[C@@H](C(=O)Nc2cc(C)ccc2OC)c2ccccc2)cc1. The van der Waals surface area contributed by atoms with E-state index < -0.39 is 0 Å². The smallest absolute Gasteiger partial charge is 0.287 e. The maximum atomic E-state index is 13.5. The van der Waals surface area contributed by atoms with E-state index in [1.807, 2.05) is 81.6 Å². The van der Waals surface area contributed by atoms with E-state index in [9.17, 15) is 4.79 Å². The number of likely N-dealkylation sites (N-methyl/N-ethyl adjacent to an activating group) is 1. The summed E-state index contributed by atoms with van der Waals surface area (Å²) in [6.07, 6.45) is 0. The van der Waals surface area contributed by atoms with E-state index in [4.69, 9.17) is 9.47 Å². The van der Waals surface area contributed by atoms with Crippen molar-refractivity contribution in [3.05, 3.63) is 89.5 Å². The van der Waals surface area contributed by atoms with Crippen LogP contribution >= 0.6 is 0 Å². The summed E-state index contributed by atoms with van der Waals surface area (Å²) in [7, 11) is 3.65. The number of carbonyl (C=O) groups is 1. The summed E-state index contributed by atoms with van der Waals surface area (Å²) < 4.78 is 11.0. The van der Waals surface area contributed by atoms with Crippen molar-refractivity contribution < 1.29 is 19.2 Å². The molecule has 0 spiro atoms. The van der Waals surface area contributed by atoms with Gasteiger partial charge in [-0.3, -0.25) is 4.79 Å². The summed E-state index contributed by atoms with van der Waals surface area (Å²) in [5, 5.41) is 3.09. The zero-order valence-corrected chi connectivity index (χ0v) is 18.6. The number of ether oxygens (including phenoxy) is 2. The Morgan fingerprint density at radius 3 is 2.39 bits per heavy atom. The molecule has 2 N–H and O–H groups in total. The number of carbonyl (C=O) groups excluding carboxylic acids is 1. The van der Waals surface area contributed by atoms with Gasteiger partial charge in [-0.2, -0.15) is 0 Å². The Hall–Kier alpha value is -3.31. The third-order valence-corrected chi connectivity index (χ3v) is 5.22. The topological polar surface area (TPSA) is 52.0 Å². The van der Waals surface area contributed by atoms with Gasteiger partial charge in [-0.15, -0.1) is 0 Å². The quantitative estimate of drug-likeness (QED) is 0.555. The van der Waals surface area contributed by atoms with E-state index in [0.29, 0.717) is 24.6 Å². The van der Waals surface area contributed by atoms with Crippen LogP contribution in [0.25, 0.3) is 0 Å². The lowest BCUT2D eigenvalue weighted by molar-refractivity contribution is -0.915. The number of benzene rings is 3. The first-order chi connectivity index (χ1) is 15.0. The number of aryl methyl sites for hydroxylation is 1. The van der Waals surface area contributed by atoms with Gasteiger partial charge in [0.25, 0.3) is 5.91 Å². The Labute approximate surface area is 184 Å². The summed E-state index contributed by atoms with van der Waals surface area (Å²) in [5.41, 5.74) is 3.85. The molecule has 3 aromatic rings. The molecule has 31 heavy (non-hydrogen) atoms. The normalized spacial score (nSPS) is 12.6. The number of quaternary nitrogens is 1. The molecule has 0 bridgehead atoms. The second kappa shape index (κ2) is 10.6. The maximum Gasteiger partial charge on any atom is 0.287 e. The van der Waals surface area contributed by atoms with Crippen molar-refractivity contribution in [3.8, 4) is 11.5 Å². The van der Waals surface area contributed by atoms with Gasteiger partial charge >= 0.3 is 0 Å². The van der Waals surface area contributed by atoms with Crippen molar-refractivity contribution in [2.75, 3.05) is 26.1 Å². The molecular formula is C26H31N2O3+. The van der Waals surface area contributed by atoms with Crippen molar-refractivity contribution in [2.24, 2.45) is 0 Å². The van der Waals surface area contributed by atoms with Gasteiger partial charge in [0, 0.05) is 11.1 Å². The van der Waals surface area contributed by atoms with E-state index in [1.54, 1.807) is 7.11 Å². The van der Waals surface area contributed by atoms with Crippen molar-refractivity contribution >= 4 is 11.6 Å². The highest BCUT2D eigenvalue weighted by molar-refractivity contribution is 5.96. The highest BCUT2D eigenvalue weighted by Crippen LogP contribution is 2.26. The number of amides is 1. The Morgan fingerprint density at radius 1 is 1.03 bits per heavy atom. The van der Waals surface area contributed by atoms with Gasteiger partial charge in [-0.1, -0.05) is 36.4 Å². The van der Waals surface area contributed by atoms with Crippen LogP contribution in [0.2, 0.25) is 0 Å². The first-order valence-electron chi connectivity index (χ1n) is 10.6. The predicted molar refractivity (Wildman–Crippen MR) is 124 cm³/mol. The van der Waals surface area contributed by atoms with E-state index in [-0.39, 0.29) is 11.9 Å². The van der Waals surface area contributed by atoms with Crippen LogP contribution in [0.3, 0.4) is 0 Å². The number of hydrogen-bond acceptors (Lipinski definition) is 3. The third-order valence-electron chi connectivity index (χ3n) is 5.22. The molecule has 0 heterocycles. The standard InChI is InChI=1S/C26H30N2O3/c1-5-31-22-14-12-20(13-15-22)18-28(3)25(21-9-7-6-8-10-21)26(29)27-23-17-19(2)11-16-24(23)30-4/h6-17,25H,5,18H2,1-4H3,(H,27,29)/p+1/t25-/m1/s1. The molecule has 0 aliphatic carbocycles. The van der Waals surface area contributed by atoms with Gasteiger partial charge in [0.1, 0.15) is 18.0 Å². The molecule has 0 aliphatic rings. The molecule has 3 rings (SSSR count). The molecule has 2 atom stereocenters. The van der Waals surface area contributed by atoms with Gasteiger partial charge in [0.05, 0.1) is 26.5 Å². The Balaban J connectivity index is 1.84. The minimum atomic E-state index is -0.377. The second-order valence-corrected chi connectivity index (χ2v) is 7.64. The van der Waals surface area contributed by atoms with Crippen LogP contribution in [0.15, 0.2) is 72.8 Å². The first kappa shape index (κ1) is 22.4. The lowest BCUT2D eigenvalue weighted by Gasteiger charge is -2.25. The first-order valence-corrected chi connectivity index (χ1v) is 10.6. The average Bonchev–Trinajstić information content (AvgIpc) is 2.76. The molecule has 0 aromatic heterocycles. The number of rotatable bonds is 9. The van der Waals surface area contributed by atoms with Gasteiger partial charge in [0.2, 0.25) is 0 Å². The number of anilines is 1. The predicted octanol–water partition coefficient (Wildman–Crippen LogP) is 3.80. The summed E-state index contributed by atoms with van der Waals surface area (Å²) in [6, 6.07) is 23.3. The molecule has 5 heteroatoms. The van der Waals surface area contributed by atoms with Crippen LogP contribution in [0.1, 0.15) is 29.7 Å². The van der Waals surface area contributed by atoms with Crippen LogP contribution in [-0.4, -0.2) is 26.7 Å². The van der Waals surface area contributed by atoms with Crippen LogP contribution < -0.4 is 19.7 Å². The largest absolute Gasteiger partial charge is 0.495 e. The number of hydrogen-bond donors (Lipinski definition) is 2. The Morgan fingerprint density at radius 2 is 1.74 bits per heavy atom. The molecule has 1 unspecified atom stereocenters. The van der Waals surface area contributed by atoms with Gasteiger partial charge < -0.3 is 19.7 Å². The van der Waals surface area contributed by atoms with E-state index >= 15 is 0 Å². The minimum Gasteiger partial charge on any atom is -0.495 e. The Kier molecular flexibility index (Phi) is 7.68. The van der Waals surface area contributed by atoms with E-state index in [2.05, 4.69) is 17.4 Å². The molecule has 0 fully saturated rings. The lowest BCUT2D eigenvalue weighted by Crippen LogP contribution is -3.09. The van der Waals surface area contributed by atoms with Crippen molar-refractivity contribution in [1.82, 2.24) is 0 Å². The minimum absolute atomic E-state index is 0.0708. The molecule has 3 aromatic carbocycles. The van der Waals surface area contributed by atoms with Crippen molar-refractivity contribution in [1.29, 1.82) is 0 Å². The highest BCUT2D eigenvalue weighted by atomic mass is 16.5. The van der Waals surface area contributed by atoms with Gasteiger partial charge in [-0.25, -0.2) is 0 Å². The van der Waals surface area contributed by atoms with E-state index in [0.717, 1.165) is 27.3 Å². The van der Waals surface area contributed by atoms with Crippen LogP contribution in [0.5, 0.6) is 11.5 Å². The monoisotopic (exact) mass is 419 g/mol. The van der Waals surface area contributed by atoms with Crippen LogP contribution in [0, 0.1) is 6.92 Å². The molecule has 0 saturated heterocycles. The molecular weight excluding hydrogens is 388 g/mol. The maximum absolute atomic E-state index is 13.5. The molecule has 0 aliphatic heterocycles. The zero-order valence-electron chi connectivity index (χ0n) is 18.6. The molecule has 162 valence electrons. The fourth-order valence-electron chi connectivity index (χ4n) is 3.72. The molecule has 5 nitrogen and oxygen atoms in total. The van der Waals surface area contributed by atoms with E-state index in [1.165, 1.54) is 0 Å². The number of nitrogens with one attached hydrogen (secondary N) is 2. The zero-order chi connectivity index (χ0) is 22.2. The Bertz CT molecular complexity index is 987. The fourth-order valence-corrected chi connectivity index (χ4v) is 3.72. The summed E-state index contributed by atoms with van der Waals surface area (Å²) in [6.45, 7) is 5.30. The van der Waals surface area contributed by atoms with Crippen molar-refractivity contribution in [2.45, 2.75) is 26.4 Å². The van der Waals surface area contributed by atoms with Gasteiger partial charge in [-0.05, 0) is 55.8 Å².